The highest BCUT2D eigenvalue weighted by molar-refractivity contribution is 7.84. The van der Waals surface area contributed by atoms with Gasteiger partial charge in [0.05, 0.1) is 28.4 Å². The monoisotopic (exact) mass is 381 g/mol. The molecule has 1 aromatic rings. The van der Waals surface area contributed by atoms with E-state index in [-0.39, 0.29) is 12.4 Å². The van der Waals surface area contributed by atoms with Crippen LogP contribution in [0.3, 0.4) is 0 Å². The highest BCUT2D eigenvalue weighted by atomic mass is 32.2. The fourth-order valence-corrected chi connectivity index (χ4v) is 3.47. The van der Waals surface area contributed by atoms with E-state index in [9.17, 15) is 13.8 Å². The molecule has 0 heterocycles. The Morgan fingerprint density at radius 3 is 2.12 bits per heavy atom. The minimum absolute atomic E-state index is 0.221. The summed E-state index contributed by atoms with van der Waals surface area (Å²) in [5.41, 5.74) is -0.418. The van der Waals surface area contributed by atoms with Crippen molar-refractivity contribution in [3.63, 3.8) is 0 Å². The van der Waals surface area contributed by atoms with Crippen LogP contribution in [0.15, 0.2) is 30.3 Å². The van der Waals surface area contributed by atoms with Crippen LogP contribution < -0.4 is 4.72 Å². The minimum atomic E-state index is -1.36. The van der Waals surface area contributed by atoms with Crippen LogP contribution in [0.5, 0.6) is 0 Å². The van der Waals surface area contributed by atoms with Gasteiger partial charge in [0.1, 0.15) is 5.41 Å². The molecule has 1 N–H and O–H groups in total. The van der Waals surface area contributed by atoms with Crippen molar-refractivity contribution < 1.29 is 18.5 Å². The van der Waals surface area contributed by atoms with Crippen molar-refractivity contribution >= 4 is 22.7 Å². The van der Waals surface area contributed by atoms with E-state index >= 15 is 0 Å². The van der Waals surface area contributed by atoms with Crippen LogP contribution in [0.25, 0.3) is 0 Å². The van der Waals surface area contributed by atoms with Crippen LogP contribution in [0, 0.1) is 11.3 Å². The van der Waals surface area contributed by atoms with E-state index in [4.69, 9.17) is 4.74 Å². The van der Waals surface area contributed by atoms with Gasteiger partial charge < -0.3 is 4.74 Å². The highest BCUT2D eigenvalue weighted by Crippen LogP contribution is 2.32. The molecule has 5 nitrogen and oxygen atoms in total. The molecule has 0 saturated carbocycles. The molecule has 0 unspecified atom stereocenters. The summed E-state index contributed by atoms with van der Waals surface area (Å²) in [7, 11) is -1.36. The number of esters is 1. The van der Waals surface area contributed by atoms with Gasteiger partial charge in [-0.1, -0.05) is 37.3 Å². The summed E-state index contributed by atoms with van der Waals surface area (Å²) in [4.78, 5) is 25.3. The summed E-state index contributed by atoms with van der Waals surface area (Å²) in [6, 6.07) is 8.93. The van der Waals surface area contributed by atoms with Crippen LogP contribution >= 0.6 is 0 Å². The molecule has 0 saturated heterocycles. The number of ketones is 1. The smallest absolute Gasteiger partial charge is 0.319 e. The minimum Gasteiger partial charge on any atom is -0.465 e. The predicted octanol–water partition coefficient (Wildman–Crippen LogP) is 3.57. The van der Waals surface area contributed by atoms with Crippen molar-refractivity contribution in [2.24, 2.45) is 11.3 Å². The van der Waals surface area contributed by atoms with E-state index in [0.29, 0.717) is 0 Å². The second kappa shape index (κ2) is 8.91. The molecule has 146 valence electrons. The Morgan fingerprint density at radius 2 is 1.65 bits per heavy atom. The van der Waals surface area contributed by atoms with E-state index in [1.54, 1.807) is 27.7 Å². The molecule has 1 rings (SSSR count). The van der Waals surface area contributed by atoms with Crippen molar-refractivity contribution in [1.82, 2.24) is 4.72 Å². The van der Waals surface area contributed by atoms with Gasteiger partial charge in [0, 0.05) is 5.92 Å². The number of ether oxygens (including phenoxy) is 1. The molecule has 6 heteroatoms. The lowest BCUT2D eigenvalue weighted by molar-refractivity contribution is -0.159. The number of benzene rings is 1. The standard InChI is InChI=1S/C20H31NO4S/c1-8-25-18(23)20(6,7)17(22)14(2)16(15-12-10-9-11-13-15)21-26(24)19(3,4)5/h9-14,16,21H,8H2,1-7H3/t14-,16+,26-/m0/s1. The Balaban J connectivity index is 3.19. The van der Waals surface area contributed by atoms with Crippen molar-refractivity contribution in [2.45, 2.75) is 59.3 Å². The molecular formula is C20H31NO4S. The van der Waals surface area contributed by atoms with Crippen molar-refractivity contribution in [2.75, 3.05) is 6.61 Å². The quantitative estimate of drug-likeness (QED) is 0.552. The average molecular weight is 382 g/mol. The summed E-state index contributed by atoms with van der Waals surface area (Å²) in [5.74, 6) is -1.35. The number of hydrogen-bond acceptors (Lipinski definition) is 4. The van der Waals surface area contributed by atoms with Gasteiger partial charge in [-0.3, -0.25) is 9.59 Å². The predicted molar refractivity (Wildman–Crippen MR) is 105 cm³/mol. The van der Waals surface area contributed by atoms with Gasteiger partial charge in [-0.05, 0) is 47.1 Å². The van der Waals surface area contributed by atoms with E-state index in [0.717, 1.165) is 5.56 Å². The first-order chi connectivity index (χ1) is 11.9. The van der Waals surface area contributed by atoms with Crippen molar-refractivity contribution in [3.8, 4) is 0 Å². The molecule has 0 spiro atoms. The van der Waals surface area contributed by atoms with E-state index in [1.165, 1.54) is 0 Å². The summed E-state index contributed by atoms with van der Waals surface area (Å²) < 4.78 is 20.3. The Bertz CT molecular complexity index is 650. The first kappa shape index (κ1) is 22.5. The molecule has 0 amide bonds. The number of nitrogens with one attached hydrogen (secondary N) is 1. The van der Waals surface area contributed by atoms with Crippen LogP contribution in [0.2, 0.25) is 0 Å². The molecule has 0 aliphatic heterocycles. The third kappa shape index (κ3) is 5.48. The van der Waals surface area contributed by atoms with Crippen LogP contribution in [0.1, 0.15) is 60.1 Å². The first-order valence-corrected chi connectivity index (χ1v) is 10.0. The Kier molecular flexibility index (Phi) is 7.71. The Morgan fingerprint density at radius 1 is 1.12 bits per heavy atom. The van der Waals surface area contributed by atoms with Gasteiger partial charge in [-0.25, -0.2) is 8.93 Å². The summed E-state index contributed by atoms with van der Waals surface area (Å²) in [6.07, 6.45) is 0. The maximum absolute atomic E-state index is 13.1. The lowest BCUT2D eigenvalue weighted by atomic mass is 9.78. The van der Waals surface area contributed by atoms with Crippen molar-refractivity contribution in [1.29, 1.82) is 0 Å². The van der Waals surface area contributed by atoms with Gasteiger partial charge in [-0.15, -0.1) is 0 Å². The zero-order valence-corrected chi connectivity index (χ0v) is 17.6. The molecule has 0 radical (unpaired) electrons. The zero-order valence-electron chi connectivity index (χ0n) is 16.8. The number of hydrogen-bond donors (Lipinski definition) is 1. The van der Waals surface area contributed by atoms with Gasteiger partial charge in [0.15, 0.2) is 5.78 Å². The molecule has 0 bridgehead atoms. The largest absolute Gasteiger partial charge is 0.465 e. The van der Waals surface area contributed by atoms with Crippen LogP contribution in [0.4, 0.5) is 0 Å². The first-order valence-electron chi connectivity index (χ1n) is 8.87. The highest BCUT2D eigenvalue weighted by Gasteiger charge is 2.43. The summed E-state index contributed by atoms with van der Waals surface area (Å²) in [5, 5.41) is 0. The maximum atomic E-state index is 13.1. The fourth-order valence-electron chi connectivity index (χ4n) is 2.54. The van der Waals surface area contributed by atoms with Crippen LogP contribution in [-0.2, 0) is 25.3 Å². The molecule has 0 aliphatic rings. The average Bonchev–Trinajstić information content (AvgIpc) is 2.58. The topological polar surface area (TPSA) is 72.5 Å². The second-order valence-electron chi connectivity index (χ2n) is 7.89. The van der Waals surface area contributed by atoms with Crippen LogP contribution in [-0.4, -0.2) is 27.3 Å². The van der Waals surface area contributed by atoms with E-state index in [1.807, 2.05) is 51.1 Å². The fraction of sp³-hybridized carbons (Fsp3) is 0.600. The second-order valence-corrected chi connectivity index (χ2v) is 9.88. The summed E-state index contributed by atoms with van der Waals surface area (Å²) >= 11 is 0. The van der Waals surface area contributed by atoms with E-state index < -0.39 is 39.1 Å². The molecule has 1 aromatic carbocycles. The molecule has 26 heavy (non-hydrogen) atoms. The SMILES string of the molecule is CCOC(=O)C(C)(C)C(=O)[C@@H](C)[C@@H](N[S@@](=O)C(C)(C)C)c1ccccc1. The maximum Gasteiger partial charge on any atom is 0.319 e. The van der Waals surface area contributed by atoms with Gasteiger partial charge in [-0.2, -0.15) is 0 Å². The Labute approximate surface area is 159 Å². The molecule has 0 aromatic heterocycles. The van der Waals surface area contributed by atoms with E-state index in [2.05, 4.69) is 4.72 Å². The molecule has 0 fully saturated rings. The Hall–Kier alpha value is -1.53. The third-order valence-corrected chi connectivity index (χ3v) is 5.84. The number of carbonyl (C=O) groups is 2. The zero-order chi connectivity index (χ0) is 20.1. The number of Topliss-reactive ketones (excluding diaryl/α,β-unsaturated/α-hetero) is 1. The lowest BCUT2D eigenvalue weighted by Crippen LogP contribution is -2.45. The van der Waals surface area contributed by atoms with Gasteiger partial charge >= 0.3 is 5.97 Å². The lowest BCUT2D eigenvalue weighted by Gasteiger charge is -2.32. The summed E-state index contributed by atoms with van der Waals surface area (Å²) in [6.45, 7) is 12.4. The molecule has 0 aliphatic carbocycles. The molecular weight excluding hydrogens is 350 g/mol. The van der Waals surface area contributed by atoms with Gasteiger partial charge in [0.25, 0.3) is 0 Å². The molecule has 3 atom stereocenters. The number of carbonyl (C=O) groups excluding carboxylic acids is 2. The van der Waals surface area contributed by atoms with Crippen molar-refractivity contribution in [3.05, 3.63) is 35.9 Å². The number of rotatable bonds is 8. The third-order valence-electron chi connectivity index (χ3n) is 4.26. The normalized spacial score (nSPS) is 15.8. The van der Waals surface area contributed by atoms with Gasteiger partial charge in [0.2, 0.25) is 0 Å².